The van der Waals surface area contributed by atoms with Gasteiger partial charge in [-0.05, 0) is 22.0 Å². The van der Waals surface area contributed by atoms with Crippen LogP contribution in [0.5, 0.6) is 0 Å². The quantitative estimate of drug-likeness (QED) is 0.870. The normalized spacial score (nSPS) is 10.5. The van der Waals surface area contributed by atoms with Crippen LogP contribution < -0.4 is 0 Å². The molecule has 5 nitrogen and oxygen atoms in total. The van der Waals surface area contributed by atoms with E-state index in [1.54, 1.807) is 6.07 Å². The summed E-state index contributed by atoms with van der Waals surface area (Å²) in [6.07, 6.45) is 1.51. The van der Waals surface area contributed by atoms with Gasteiger partial charge in [-0.15, -0.1) is 0 Å². The second kappa shape index (κ2) is 3.71. The van der Waals surface area contributed by atoms with Crippen molar-refractivity contribution in [2.75, 3.05) is 0 Å². The van der Waals surface area contributed by atoms with Gasteiger partial charge >= 0.3 is 5.97 Å². The maximum absolute atomic E-state index is 10.7. The molecule has 0 saturated heterocycles. The number of nitrogens with zero attached hydrogens (tertiary/aromatic N) is 3. The third-order valence-corrected chi connectivity index (χ3v) is 2.35. The molecule has 0 unspecified atom stereocenters. The molecule has 0 bridgehead atoms. The largest absolute Gasteiger partial charge is 0.476 e. The number of carboxylic acid groups (broad SMARTS) is 1. The molecule has 1 N–H and O–H groups in total. The van der Waals surface area contributed by atoms with Gasteiger partial charge in [-0.2, -0.15) is 0 Å². The molecule has 2 rings (SSSR count). The van der Waals surface area contributed by atoms with Crippen LogP contribution in [0.15, 0.2) is 16.7 Å². The van der Waals surface area contributed by atoms with Gasteiger partial charge in [-0.25, -0.2) is 19.7 Å². The van der Waals surface area contributed by atoms with E-state index in [0.29, 0.717) is 5.52 Å². The fraction of sp³-hybridized carbons (Fsp3) is 0. The number of aromatic nitrogens is 3. The van der Waals surface area contributed by atoms with E-state index in [1.807, 2.05) is 0 Å². The Morgan fingerprint density at radius 3 is 2.87 bits per heavy atom. The van der Waals surface area contributed by atoms with Crippen molar-refractivity contribution in [2.45, 2.75) is 0 Å². The molecular formula is C8H3BrClN3O2. The van der Waals surface area contributed by atoms with Crippen molar-refractivity contribution in [1.82, 2.24) is 15.0 Å². The number of carboxylic acids is 1. The average molecular weight is 288 g/mol. The molecule has 0 aliphatic carbocycles. The summed E-state index contributed by atoms with van der Waals surface area (Å²) in [6, 6.07) is 1.66. The molecule has 2 aromatic heterocycles. The van der Waals surface area contributed by atoms with Crippen LogP contribution in [-0.2, 0) is 0 Å². The van der Waals surface area contributed by atoms with Gasteiger partial charge < -0.3 is 5.11 Å². The molecule has 2 heterocycles. The standard InChI is InChI=1S/C8H3BrClN3O2/c9-3-1-4-7(11-2-3)13-5(8(14)15)6(10)12-4/h1-2H,(H,14,15). The lowest BCUT2D eigenvalue weighted by Crippen LogP contribution is -2.04. The zero-order chi connectivity index (χ0) is 11.0. The maximum atomic E-state index is 10.7. The number of carbonyl (C=O) groups is 1. The Morgan fingerprint density at radius 2 is 2.20 bits per heavy atom. The third kappa shape index (κ3) is 1.91. The van der Waals surface area contributed by atoms with Gasteiger partial charge in [-0.3, -0.25) is 0 Å². The summed E-state index contributed by atoms with van der Waals surface area (Å²) in [6.45, 7) is 0. The predicted octanol–water partition coefficient (Wildman–Crippen LogP) is 2.14. The van der Waals surface area contributed by atoms with E-state index in [2.05, 4.69) is 30.9 Å². The molecule has 7 heteroatoms. The Morgan fingerprint density at radius 1 is 1.47 bits per heavy atom. The Kier molecular flexibility index (Phi) is 2.54. The lowest BCUT2D eigenvalue weighted by atomic mass is 10.4. The Labute approximate surface area is 97.3 Å². The SMILES string of the molecule is O=C(O)c1nc2ncc(Br)cc2nc1Cl. The van der Waals surface area contributed by atoms with E-state index < -0.39 is 5.97 Å². The molecule has 0 saturated carbocycles. The summed E-state index contributed by atoms with van der Waals surface area (Å²) in [5.74, 6) is -1.22. The van der Waals surface area contributed by atoms with Crippen LogP contribution in [0.25, 0.3) is 11.2 Å². The van der Waals surface area contributed by atoms with Crippen LogP contribution in [0.2, 0.25) is 5.15 Å². The minimum Gasteiger partial charge on any atom is -0.476 e. The summed E-state index contributed by atoms with van der Waals surface area (Å²) in [5.41, 5.74) is 0.401. The predicted molar refractivity (Wildman–Crippen MR) is 57.0 cm³/mol. The summed E-state index contributed by atoms with van der Waals surface area (Å²) in [7, 11) is 0. The van der Waals surface area contributed by atoms with E-state index in [0.717, 1.165) is 4.47 Å². The summed E-state index contributed by atoms with van der Waals surface area (Å²) >= 11 is 8.87. The third-order valence-electron chi connectivity index (χ3n) is 1.65. The van der Waals surface area contributed by atoms with Crippen molar-refractivity contribution in [3.8, 4) is 0 Å². The summed E-state index contributed by atoms with van der Waals surface area (Å²) in [4.78, 5) is 22.3. The highest BCUT2D eigenvalue weighted by atomic mass is 79.9. The zero-order valence-electron chi connectivity index (χ0n) is 7.11. The second-order valence-electron chi connectivity index (χ2n) is 2.66. The highest BCUT2D eigenvalue weighted by Crippen LogP contribution is 2.18. The molecule has 0 aromatic carbocycles. The van der Waals surface area contributed by atoms with Crippen LogP contribution in [0.3, 0.4) is 0 Å². The molecule has 0 amide bonds. The average Bonchev–Trinajstić information content (AvgIpc) is 2.15. The van der Waals surface area contributed by atoms with Crippen molar-refractivity contribution in [3.63, 3.8) is 0 Å². The molecule has 0 aliphatic heterocycles. The Hall–Kier alpha value is -1.27. The van der Waals surface area contributed by atoms with Gasteiger partial charge in [0.25, 0.3) is 0 Å². The van der Waals surface area contributed by atoms with Crippen molar-refractivity contribution in [3.05, 3.63) is 27.6 Å². The summed E-state index contributed by atoms with van der Waals surface area (Å²) < 4.78 is 0.725. The highest BCUT2D eigenvalue weighted by Gasteiger charge is 2.14. The van der Waals surface area contributed by atoms with E-state index in [1.165, 1.54) is 6.20 Å². The van der Waals surface area contributed by atoms with Crippen molar-refractivity contribution in [2.24, 2.45) is 0 Å². The number of rotatable bonds is 1. The number of fused-ring (bicyclic) bond motifs is 1. The van der Waals surface area contributed by atoms with Gasteiger partial charge in [0.05, 0.1) is 0 Å². The Balaban J connectivity index is 2.76. The van der Waals surface area contributed by atoms with Crippen molar-refractivity contribution in [1.29, 1.82) is 0 Å². The van der Waals surface area contributed by atoms with Crippen LogP contribution in [-0.4, -0.2) is 26.0 Å². The molecule has 0 spiro atoms. The molecule has 15 heavy (non-hydrogen) atoms. The minimum atomic E-state index is -1.22. The topological polar surface area (TPSA) is 76.0 Å². The fourth-order valence-corrected chi connectivity index (χ4v) is 1.57. The second-order valence-corrected chi connectivity index (χ2v) is 3.94. The molecule has 0 atom stereocenters. The first-order valence-electron chi connectivity index (χ1n) is 3.80. The van der Waals surface area contributed by atoms with Gasteiger partial charge in [0, 0.05) is 10.7 Å². The van der Waals surface area contributed by atoms with E-state index >= 15 is 0 Å². The van der Waals surface area contributed by atoms with E-state index in [9.17, 15) is 4.79 Å². The number of pyridine rings is 1. The first-order valence-corrected chi connectivity index (χ1v) is 4.97. The van der Waals surface area contributed by atoms with Crippen molar-refractivity contribution < 1.29 is 9.90 Å². The number of hydrogen-bond acceptors (Lipinski definition) is 4. The number of hydrogen-bond donors (Lipinski definition) is 1. The maximum Gasteiger partial charge on any atom is 0.357 e. The van der Waals surface area contributed by atoms with Crippen molar-refractivity contribution >= 4 is 44.7 Å². The molecular weight excluding hydrogens is 285 g/mol. The van der Waals surface area contributed by atoms with Crippen LogP contribution in [0.1, 0.15) is 10.5 Å². The van der Waals surface area contributed by atoms with E-state index in [-0.39, 0.29) is 16.5 Å². The molecule has 0 radical (unpaired) electrons. The van der Waals surface area contributed by atoms with E-state index in [4.69, 9.17) is 16.7 Å². The molecule has 0 fully saturated rings. The van der Waals surface area contributed by atoms with Gasteiger partial charge in [0.2, 0.25) is 0 Å². The van der Waals surface area contributed by atoms with Crippen LogP contribution >= 0.6 is 27.5 Å². The molecule has 2 aromatic rings. The van der Waals surface area contributed by atoms with Crippen LogP contribution in [0, 0.1) is 0 Å². The number of aromatic carboxylic acids is 1. The lowest BCUT2D eigenvalue weighted by Gasteiger charge is -2.00. The first kappa shape index (κ1) is 10.3. The van der Waals surface area contributed by atoms with Crippen LogP contribution in [0.4, 0.5) is 0 Å². The monoisotopic (exact) mass is 287 g/mol. The zero-order valence-corrected chi connectivity index (χ0v) is 9.45. The minimum absolute atomic E-state index is 0.144. The lowest BCUT2D eigenvalue weighted by molar-refractivity contribution is 0.0690. The smallest absolute Gasteiger partial charge is 0.357 e. The Bertz CT molecular complexity index is 561. The highest BCUT2D eigenvalue weighted by molar-refractivity contribution is 9.10. The summed E-state index contributed by atoms with van der Waals surface area (Å²) in [5, 5.41) is 8.61. The first-order chi connectivity index (χ1) is 7.08. The number of halogens is 2. The molecule has 76 valence electrons. The van der Waals surface area contributed by atoms with Gasteiger partial charge in [0.1, 0.15) is 5.52 Å². The van der Waals surface area contributed by atoms with Gasteiger partial charge in [0.15, 0.2) is 16.5 Å². The molecule has 0 aliphatic rings. The fourth-order valence-electron chi connectivity index (χ4n) is 1.04. The van der Waals surface area contributed by atoms with Gasteiger partial charge in [-0.1, -0.05) is 11.6 Å².